The summed E-state index contributed by atoms with van der Waals surface area (Å²) in [4.78, 5) is 28.7. The number of hydrogen-bond donors (Lipinski definition) is 1. The Hall–Kier alpha value is -1.30. The summed E-state index contributed by atoms with van der Waals surface area (Å²) in [5.74, 6) is -0.285. The first kappa shape index (κ1) is 19.0. The molecule has 24 heavy (non-hydrogen) atoms. The number of anilines is 1. The highest BCUT2D eigenvalue weighted by Gasteiger charge is 2.39. The molecule has 2 atom stereocenters. The van der Waals surface area contributed by atoms with Crippen molar-refractivity contribution in [1.29, 1.82) is 0 Å². The van der Waals surface area contributed by atoms with Gasteiger partial charge in [0.15, 0.2) is 0 Å². The highest BCUT2D eigenvalue weighted by molar-refractivity contribution is 6.33. The molecule has 7 heteroatoms. The molecule has 5 nitrogen and oxygen atoms in total. The van der Waals surface area contributed by atoms with Crippen molar-refractivity contribution >= 4 is 41.5 Å². The Morgan fingerprint density at radius 2 is 2.04 bits per heavy atom. The van der Waals surface area contributed by atoms with E-state index >= 15 is 0 Å². The third kappa shape index (κ3) is 3.68. The molecule has 2 N–H and O–H groups in total. The van der Waals surface area contributed by atoms with Gasteiger partial charge in [-0.15, -0.1) is 12.4 Å². The molecule has 2 aliphatic heterocycles. The summed E-state index contributed by atoms with van der Waals surface area (Å²) in [6, 6.07) is 7.36. The van der Waals surface area contributed by atoms with Crippen molar-refractivity contribution in [3.8, 4) is 0 Å². The summed E-state index contributed by atoms with van der Waals surface area (Å²) < 4.78 is 0. The van der Waals surface area contributed by atoms with Crippen LogP contribution in [-0.2, 0) is 9.59 Å². The normalized spacial score (nSPS) is 24.0. The van der Waals surface area contributed by atoms with Crippen LogP contribution in [0.3, 0.4) is 0 Å². The van der Waals surface area contributed by atoms with E-state index in [1.54, 1.807) is 11.0 Å². The van der Waals surface area contributed by atoms with Crippen molar-refractivity contribution in [3.63, 3.8) is 0 Å². The van der Waals surface area contributed by atoms with E-state index in [1.165, 1.54) is 0 Å². The maximum Gasteiger partial charge on any atom is 0.228 e. The first-order valence-corrected chi connectivity index (χ1v) is 8.55. The second-order valence-electron chi connectivity index (χ2n) is 6.27. The fourth-order valence-corrected chi connectivity index (χ4v) is 3.78. The molecule has 0 bridgehead atoms. The molecule has 2 fully saturated rings. The lowest BCUT2D eigenvalue weighted by molar-refractivity contribution is -0.139. The van der Waals surface area contributed by atoms with Crippen LogP contribution in [0.1, 0.15) is 25.7 Å². The van der Waals surface area contributed by atoms with Gasteiger partial charge in [0.25, 0.3) is 0 Å². The first-order chi connectivity index (χ1) is 11.1. The van der Waals surface area contributed by atoms with E-state index < -0.39 is 0 Å². The molecule has 2 heterocycles. The van der Waals surface area contributed by atoms with Crippen molar-refractivity contribution in [2.24, 2.45) is 11.7 Å². The predicted molar refractivity (Wildman–Crippen MR) is 97.6 cm³/mol. The van der Waals surface area contributed by atoms with Gasteiger partial charge < -0.3 is 15.5 Å². The van der Waals surface area contributed by atoms with Crippen LogP contribution in [0.4, 0.5) is 5.69 Å². The smallest absolute Gasteiger partial charge is 0.228 e. The van der Waals surface area contributed by atoms with Crippen LogP contribution in [0.5, 0.6) is 0 Å². The van der Waals surface area contributed by atoms with E-state index in [4.69, 9.17) is 17.3 Å². The molecular formula is C17H23Cl2N3O2. The molecule has 0 aromatic heterocycles. The molecule has 2 saturated heterocycles. The third-order valence-electron chi connectivity index (χ3n) is 4.80. The molecule has 1 aromatic rings. The van der Waals surface area contributed by atoms with Gasteiger partial charge in [-0.25, -0.2) is 0 Å². The van der Waals surface area contributed by atoms with Gasteiger partial charge in [0.2, 0.25) is 11.8 Å². The number of rotatable bonds is 3. The third-order valence-corrected chi connectivity index (χ3v) is 5.12. The number of nitrogens with two attached hydrogens (primary N) is 1. The zero-order valence-corrected chi connectivity index (χ0v) is 15.1. The van der Waals surface area contributed by atoms with Crippen LogP contribution >= 0.6 is 24.0 Å². The van der Waals surface area contributed by atoms with Crippen LogP contribution in [0, 0.1) is 5.92 Å². The van der Waals surface area contributed by atoms with Crippen LogP contribution in [0.2, 0.25) is 5.02 Å². The Morgan fingerprint density at radius 3 is 2.75 bits per heavy atom. The number of halogens is 2. The number of para-hydroxylation sites is 1. The SMILES string of the molecule is Cl.NCC1CCCCN1C(=O)C1CC(=O)N(c2ccccc2Cl)C1. The number of carbonyl (C=O) groups excluding carboxylic acids is 2. The fourth-order valence-electron chi connectivity index (χ4n) is 3.55. The van der Waals surface area contributed by atoms with Crippen LogP contribution < -0.4 is 10.6 Å². The number of amides is 2. The maximum atomic E-state index is 12.8. The average molecular weight is 372 g/mol. The topological polar surface area (TPSA) is 66.6 Å². The van der Waals surface area contributed by atoms with Crippen molar-refractivity contribution in [2.45, 2.75) is 31.7 Å². The van der Waals surface area contributed by atoms with Gasteiger partial charge in [-0.3, -0.25) is 9.59 Å². The zero-order chi connectivity index (χ0) is 16.4. The number of carbonyl (C=O) groups is 2. The molecule has 3 rings (SSSR count). The summed E-state index contributed by atoms with van der Waals surface area (Å²) >= 11 is 6.19. The minimum Gasteiger partial charge on any atom is -0.338 e. The Kier molecular flexibility index (Phi) is 6.49. The Balaban J connectivity index is 0.00000208. The first-order valence-electron chi connectivity index (χ1n) is 8.17. The van der Waals surface area contributed by atoms with Gasteiger partial charge in [0, 0.05) is 32.1 Å². The second-order valence-corrected chi connectivity index (χ2v) is 6.68. The van der Waals surface area contributed by atoms with E-state index in [1.807, 2.05) is 23.1 Å². The number of piperidine rings is 1. The van der Waals surface area contributed by atoms with Crippen molar-refractivity contribution in [2.75, 3.05) is 24.5 Å². The lowest BCUT2D eigenvalue weighted by atomic mass is 9.98. The van der Waals surface area contributed by atoms with Crippen molar-refractivity contribution < 1.29 is 9.59 Å². The Morgan fingerprint density at radius 1 is 1.29 bits per heavy atom. The highest BCUT2D eigenvalue weighted by Crippen LogP contribution is 2.32. The fraction of sp³-hybridized carbons (Fsp3) is 0.529. The number of likely N-dealkylation sites (tertiary alicyclic amines) is 1. The monoisotopic (exact) mass is 371 g/mol. The van der Waals surface area contributed by atoms with Crippen molar-refractivity contribution in [1.82, 2.24) is 4.90 Å². The molecule has 2 unspecified atom stereocenters. The molecule has 0 saturated carbocycles. The number of hydrogen-bond acceptors (Lipinski definition) is 3. The van der Waals surface area contributed by atoms with Crippen LogP contribution in [-0.4, -0.2) is 42.4 Å². The summed E-state index contributed by atoms with van der Waals surface area (Å²) in [5.41, 5.74) is 6.49. The van der Waals surface area contributed by atoms with Gasteiger partial charge in [-0.2, -0.15) is 0 Å². The molecule has 0 spiro atoms. The lowest BCUT2D eigenvalue weighted by Gasteiger charge is -2.36. The van der Waals surface area contributed by atoms with Gasteiger partial charge in [0.1, 0.15) is 0 Å². The van der Waals surface area contributed by atoms with E-state index in [0.29, 0.717) is 23.8 Å². The summed E-state index contributed by atoms with van der Waals surface area (Å²) in [5, 5.41) is 0.534. The molecule has 2 aliphatic rings. The van der Waals surface area contributed by atoms with E-state index in [9.17, 15) is 9.59 Å². The lowest BCUT2D eigenvalue weighted by Crippen LogP contribution is -2.50. The van der Waals surface area contributed by atoms with E-state index in [-0.39, 0.29) is 42.6 Å². The highest BCUT2D eigenvalue weighted by atomic mass is 35.5. The average Bonchev–Trinajstić information content (AvgIpc) is 2.96. The maximum absolute atomic E-state index is 12.8. The predicted octanol–water partition coefficient (Wildman–Crippen LogP) is 2.45. The standard InChI is InChI=1S/C17H22ClN3O2.ClH/c18-14-6-1-2-7-15(14)21-11-12(9-16(21)22)17(23)20-8-4-3-5-13(20)10-19;/h1-2,6-7,12-13H,3-5,8-11,19H2;1H. The summed E-state index contributed by atoms with van der Waals surface area (Å²) in [6.45, 7) is 1.63. The largest absolute Gasteiger partial charge is 0.338 e. The van der Waals surface area contributed by atoms with Gasteiger partial charge >= 0.3 is 0 Å². The van der Waals surface area contributed by atoms with Crippen LogP contribution in [0.15, 0.2) is 24.3 Å². The summed E-state index contributed by atoms with van der Waals surface area (Å²) in [7, 11) is 0. The minimum atomic E-state index is -0.300. The molecule has 2 amide bonds. The van der Waals surface area contributed by atoms with Crippen LogP contribution in [0.25, 0.3) is 0 Å². The van der Waals surface area contributed by atoms with E-state index in [2.05, 4.69) is 0 Å². The molecule has 132 valence electrons. The number of nitrogens with zero attached hydrogens (tertiary/aromatic N) is 2. The summed E-state index contributed by atoms with van der Waals surface area (Å²) in [6.07, 6.45) is 3.33. The van der Waals surface area contributed by atoms with Gasteiger partial charge in [0.05, 0.1) is 16.6 Å². The Labute approximate surface area is 153 Å². The van der Waals surface area contributed by atoms with Crippen molar-refractivity contribution in [3.05, 3.63) is 29.3 Å². The van der Waals surface area contributed by atoms with Gasteiger partial charge in [-0.05, 0) is 31.4 Å². The van der Waals surface area contributed by atoms with Gasteiger partial charge in [-0.1, -0.05) is 23.7 Å². The molecular weight excluding hydrogens is 349 g/mol. The molecule has 1 aromatic carbocycles. The molecule has 0 aliphatic carbocycles. The zero-order valence-electron chi connectivity index (χ0n) is 13.5. The van der Waals surface area contributed by atoms with E-state index in [0.717, 1.165) is 25.8 Å². The number of benzene rings is 1. The minimum absolute atomic E-state index is 0. The quantitative estimate of drug-likeness (QED) is 0.887. The molecule has 0 radical (unpaired) electrons. The Bertz CT molecular complexity index is 611. The second kappa shape index (κ2) is 8.19.